The number of benzene rings is 2. The molecule has 3 rings (SSSR count). The molecule has 0 amide bonds. The fourth-order valence-corrected chi connectivity index (χ4v) is 2.76. The molecule has 0 saturated heterocycles. The van der Waals surface area contributed by atoms with Crippen molar-refractivity contribution < 1.29 is 22.4 Å². The fraction of sp³-hybridized carbons (Fsp3) is 0.227. The van der Waals surface area contributed by atoms with E-state index in [4.69, 9.17) is 4.42 Å². The Morgan fingerprint density at radius 2 is 1.74 bits per heavy atom. The quantitative estimate of drug-likeness (QED) is 0.406. The van der Waals surface area contributed by atoms with E-state index in [1.165, 1.54) is 0 Å². The van der Waals surface area contributed by atoms with Crippen LogP contribution < -0.4 is 0 Å². The van der Waals surface area contributed by atoms with E-state index in [-0.39, 0.29) is 24.4 Å². The van der Waals surface area contributed by atoms with Gasteiger partial charge in [-0.25, -0.2) is 0 Å². The molecule has 2 aromatic carbocycles. The van der Waals surface area contributed by atoms with E-state index >= 15 is 0 Å². The SMILES string of the molecule is O=C(CCC(C#Cc1ccccc1)CC(F)(F)F)c1cc2ccccc2o1. The zero-order valence-electron chi connectivity index (χ0n) is 14.4. The Bertz CT molecular complexity index is 942. The molecule has 138 valence electrons. The van der Waals surface area contributed by atoms with Gasteiger partial charge in [0.15, 0.2) is 11.5 Å². The van der Waals surface area contributed by atoms with Gasteiger partial charge in [0, 0.05) is 23.3 Å². The molecular weight excluding hydrogens is 353 g/mol. The average molecular weight is 370 g/mol. The van der Waals surface area contributed by atoms with E-state index in [0.717, 1.165) is 5.39 Å². The molecule has 1 heterocycles. The summed E-state index contributed by atoms with van der Waals surface area (Å²) in [5.41, 5.74) is 1.23. The van der Waals surface area contributed by atoms with E-state index in [9.17, 15) is 18.0 Å². The summed E-state index contributed by atoms with van der Waals surface area (Å²) in [6.07, 6.45) is -5.40. The minimum Gasteiger partial charge on any atom is -0.453 e. The molecule has 1 aromatic heterocycles. The van der Waals surface area contributed by atoms with Crippen LogP contribution in [0.5, 0.6) is 0 Å². The lowest BCUT2D eigenvalue weighted by Crippen LogP contribution is -2.15. The largest absolute Gasteiger partial charge is 0.453 e. The van der Waals surface area contributed by atoms with Crippen molar-refractivity contribution in [3.8, 4) is 11.8 Å². The van der Waals surface area contributed by atoms with Gasteiger partial charge in [-0.05, 0) is 30.7 Å². The van der Waals surface area contributed by atoms with E-state index < -0.39 is 18.5 Å². The Kier molecular flexibility index (Phi) is 5.66. The second kappa shape index (κ2) is 8.13. The van der Waals surface area contributed by atoms with Crippen molar-refractivity contribution in [1.82, 2.24) is 0 Å². The van der Waals surface area contributed by atoms with Crippen molar-refractivity contribution in [2.24, 2.45) is 5.92 Å². The molecule has 0 N–H and O–H groups in total. The van der Waals surface area contributed by atoms with Crippen LogP contribution >= 0.6 is 0 Å². The lowest BCUT2D eigenvalue weighted by Gasteiger charge is -2.12. The molecular formula is C22H17F3O2. The molecule has 0 aliphatic carbocycles. The summed E-state index contributed by atoms with van der Waals surface area (Å²) in [5, 5.41) is 0.788. The van der Waals surface area contributed by atoms with Crippen LogP contribution in [0, 0.1) is 17.8 Å². The molecule has 27 heavy (non-hydrogen) atoms. The van der Waals surface area contributed by atoms with E-state index in [1.807, 2.05) is 18.2 Å². The molecule has 0 bridgehead atoms. The molecule has 3 aromatic rings. The maximum atomic E-state index is 12.8. The lowest BCUT2D eigenvalue weighted by atomic mass is 9.97. The highest BCUT2D eigenvalue weighted by Crippen LogP contribution is 2.28. The Morgan fingerprint density at radius 1 is 1.04 bits per heavy atom. The molecule has 0 saturated carbocycles. The second-order valence-corrected chi connectivity index (χ2v) is 6.26. The van der Waals surface area contributed by atoms with E-state index in [0.29, 0.717) is 11.1 Å². The van der Waals surface area contributed by atoms with E-state index in [2.05, 4.69) is 11.8 Å². The summed E-state index contributed by atoms with van der Waals surface area (Å²) in [6, 6.07) is 17.6. The van der Waals surface area contributed by atoms with Gasteiger partial charge in [0.25, 0.3) is 0 Å². The van der Waals surface area contributed by atoms with Crippen molar-refractivity contribution in [3.05, 3.63) is 72.0 Å². The van der Waals surface area contributed by atoms with Gasteiger partial charge in [0.1, 0.15) is 5.58 Å². The normalized spacial score (nSPS) is 12.4. The molecule has 5 heteroatoms. The van der Waals surface area contributed by atoms with Gasteiger partial charge in [-0.15, -0.1) is 0 Å². The zero-order chi connectivity index (χ0) is 19.3. The van der Waals surface area contributed by atoms with Crippen molar-refractivity contribution in [1.29, 1.82) is 0 Å². The number of furan rings is 1. The van der Waals surface area contributed by atoms with Crippen LogP contribution in [0.2, 0.25) is 0 Å². The molecule has 1 atom stereocenters. The van der Waals surface area contributed by atoms with Gasteiger partial charge in [0.2, 0.25) is 0 Å². The van der Waals surface area contributed by atoms with Crippen molar-refractivity contribution in [3.63, 3.8) is 0 Å². The van der Waals surface area contributed by atoms with Crippen molar-refractivity contribution in [2.45, 2.75) is 25.4 Å². The average Bonchev–Trinajstić information content (AvgIpc) is 3.08. The third-order valence-corrected chi connectivity index (χ3v) is 4.09. The fourth-order valence-electron chi connectivity index (χ4n) is 2.76. The number of para-hydroxylation sites is 1. The number of alkyl halides is 3. The van der Waals surface area contributed by atoms with Crippen LogP contribution in [0.1, 0.15) is 35.4 Å². The molecule has 0 aliphatic rings. The number of hydrogen-bond acceptors (Lipinski definition) is 2. The predicted molar refractivity (Wildman–Crippen MR) is 97.3 cm³/mol. The van der Waals surface area contributed by atoms with Crippen LogP contribution in [0.25, 0.3) is 11.0 Å². The van der Waals surface area contributed by atoms with Gasteiger partial charge in [-0.2, -0.15) is 13.2 Å². The molecule has 1 unspecified atom stereocenters. The maximum absolute atomic E-state index is 12.8. The summed E-state index contributed by atoms with van der Waals surface area (Å²) in [6.45, 7) is 0. The highest BCUT2D eigenvalue weighted by Gasteiger charge is 2.31. The highest BCUT2D eigenvalue weighted by atomic mass is 19.4. The van der Waals surface area contributed by atoms with Crippen LogP contribution in [-0.2, 0) is 0 Å². The van der Waals surface area contributed by atoms with Crippen molar-refractivity contribution in [2.75, 3.05) is 0 Å². The van der Waals surface area contributed by atoms with Gasteiger partial charge in [-0.3, -0.25) is 4.79 Å². The number of hydrogen-bond donors (Lipinski definition) is 0. The number of Topliss-reactive ketones (excluding diaryl/α,β-unsaturated/α-hetero) is 1. The minimum absolute atomic E-state index is 0.0230. The highest BCUT2D eigenvalue weighted by molar-refractivity contribution is 5.97. The Labute approximate surface area is 155 Å². The maximum Gasteiger partial charge on any atom is 0.390 e. The molecule has 2 nitrogen and oxygen atoms in total. The number of halogens is 3. The smallest absolute Gasteiger partial charge is 0.390 e. The van der Waals surface area contributed by atoms with Crippen LogP contribution in [0.15, 0.2) is 65.1 Å². The number of ketones is 1. The molecule has 0 radical (unpaired) electrons. The Balaban J connectivity index is 1.70. The summed E-state index contributed by atoms with van der Waals surface area (Å²) in [7, 11) is 0. The Hall–Kier alpha value is -3.00. The second-order valence-electron chi connectivity index (χ2n) is 6.26. The lowest BCUT2D eigenvalue weighted by molar-refractivity contribution is -0.140. The van der Waals surface area contributed by atoms with Crippen LogP contribution in [0.3, 0.4) is 0 Å². The van der Waals surface area contributed by atoms with Crippen LogP contribution in [0.4, 0.5) is 13.2 Å². The van der Waals surface area contributed by atoms with Gasteiger partial charge >= 0.3 is 6.18 Å². The first kappa shape index (κ1) is 18.8. The topological polar surface area (TPSA) is 30.2 Å². The van der Waals surface area contributed by atoms with Gasteiger partial charge in [0.05, 0.1) is 6.42 Å². The first-order chi connectivity index (χ1) is 12.9. The van der Waals surface area contributed by atoms with Crippen molar-refractivity contribution >= 4 is 16.8 Å². The number of fused-ring (bicyclic) bond motifs is 1. The monoisotopic (exact) mass is 370 g/mol. The number of carbonyl (C=O) groups excluding carboxylic acids is 1. The summed E-state index contributed by atoms with van der Waals surface area (Å²) in [5.74, 6) is 4.34. The summed E-state index contributed by atoms with van der Waals surface area (Å²) >= 11 is 0. The standard InChI is InChI=1S/C22H17F3O2/c23-22(24,25)15-17(11-10-16-6-2-1-3-7-16)12-13-19(26)21-14-18-8-4-5-9-20(18)27-21/h1-9,14,17H,12-13,15H2. The van der Waals surface area contributed by atoms with E-state index in [1.54, 1.807) is 42.5 Å². The summed E-state index contributed by atoms with van der Waals surface area (Å²) < 4.78 is 44.0. The number of rotatable bonds is 5. The zero-order valence-corrected chi connectivity index (χ0v) is 14.4. The van der Waals surface area contributed by atoms with Crippen LogP contribution in [-0.4, -0.2) is 12.0 Å². The predicted octanol–water partition coefficient (Wildman–Crippen LogP) is 6.02. The van der Waals surface area contributed by atoms with Gasteiger partial charge < -0.3 is 4.42 Å². The molecule has 0 aliphatic heterocycles. The van der Waals surface area contributed by atoms with Gasteiger partial charge in [-0.1, -0.05) is 48.2 Å². The third kappa shape index (κ3) is 5.49. The molecule has 0 spiro atoms. The Morgan fingerprint density at radius 3 is 2.44 bits per heavy atom. The minimum atomic E-state index is -4.33. The first-order valence-electron chi connectivity index (χ1n) is 8.56. The molecule has 0 fully saturated rings. The third-order valence-electron chi connectivity index (χ3n) is 4.09. The summed E-state index contributed by atoms with van der Waals surface area (Å²) in [4.78, 5) is 12.3. The number of carbonyl (C=O) groups is 1. The first-order valence-corrected chi connectivity index (χ1v) is 8.56.